The van der Waals surface area contributed by atoms with Crippen molar-refractivity contribution < 1.29 is 23.9 Å². The number of hydrogen-bond donors (Lipinski definition) is 3. The van der Waals surface area contributed by atoms with Gasteiger partial charge in [0.25, 0.3) is 0 Å². The van der Waals surface area contributed by atoms with Crippen LogP contribution in [0.4, 0.5) is 9.59 Å². The number of unbranched alkanes of at least 4 members (excludes halogenated alkanes) is 1. The average molecular weight is 464 g/mol. The largest absolute Gasteiger partial charge is 0.444 e. The van der Waals surface area contributed by atoms with Gasteiger partial charge in [-0.1, -0.05) is 30.3 Å². The van der Waals surface area contributed by atoms with Gasteiger partial charge in [-0.2, -0.15) is 0 Å². The zero-order valence-electron chi connectivity index (χ0n) is 21.1. The average Bonchev–Trinajstić information content (AvgIpc) is 2.64. The van der Waals surface area contributed by atoms with Gasteiger partial charge in [-0.05, 0) is 79.7 Å². The molecule has 0 radical (unpaired) electrons. The summed E-state index contributed by atoms with van der Waals surface area (Å²) in [5, 5.41) is 8.37. The number of amides is 3. The van der Waals surface area contributed by atoms with Crippen LogP contribution in [0.25, 0.3) is 0 Å². The summed E-state index contributed by atoms with van der Waals surface area (Å²) < 4.78 is 10.5. The van der Waals surface area contributed by atoms with Crippen LogP contribution in [0.15, 0.2) is 30.3 Å². The number of nitrogens with one attached hydrogen (secondary N) is 3. The maximum Gasteiger partial charge on any atom is 0.408 e. The number of carbonyl (C=O) groups excluding carboxylic acids is 3. The van der Waals surface area contributed by atoms with Gasteiger partial charge < -0.3 is 25.4 Å². The van der Waals surface area contributed by atoms with E-state index >= 15 is 0 Å². The van der Waals surface area contributed by atoms with Crippen molar-refractivity contribution in [3.63, 3.8) is 0 Å². The van der Waals surface area contributed by atoms with Crippen LogP contribution in [-0.2, 0) is 20.7 Å². The molecule has 3 N–H and O–H groups in total. The fourth-order valence-electron chi connectivity index (χ4n) is 3.06. The van der Waals surface area contributed by atoms with Crippen molar-refractivity contribution in [2.45, 2.75) is 97.4 Å². The smallest absolute Gasteiger partial charge is 0.408 e. The lowest BCUT2D eigenvalue weighted by Gasteiger charge is -2.24. The molecule has 1 aromatic rings. The summed E-state index contributed by atoms with van der Waals surface area (Å²) in [5.74, 6) is -0.260. The standard InChI is InChI=1S/C25H41N3O5/c1-18(17-19-13-9-8-10-14-19)27-21(29)20(28-23(31)33-25(5,6)7)15-11-12-16-26-22(30)32-24(2,3)4/h8-10,13-14,18,20H,11-12,15-17H2,1-7H3,(H,26,30)(H,27,29)(H,28,31)/t18-,20-/m0/s1. The Morgan fingerprint density at radius 3 is 2.00 bits per heavy atom. The van der Waals surface area contributed by atoms with Crippen molar-refractivity contribution in [1.29, 1.82) is 0 Å². The Morgan fingerprint density at radius 2 is 1.42 bits per heavy atom. The van der Waals surface area contributed by atoms with Gasteiger partial charge in [0.15, 0.2) is 0 Å². The highest BCUT2D eigenvalue weighted by molar-refractivity contribution is 5.85. The summed E-state index contributed by atoms with van der Waals surface area (Å²) in [6.45, 7) is 13.1. The highest BCUT2D eigenvalue weighted by atomic mass is 16.6. The molecule has 0 spiro atoms. The van der Waals surface area contributed by atoms with Gasteiger partial charge in [-0.15, -0.1) is 0 Å². The molecule has 0 saturated carbocycles. The van der Waals surface area contributed by atoms with Crippen LogP contribution in [0, 0.1) is 0 Å². The Kier molecular flexibility index (Phi) is 11.2. The Bertz CT molecular complexity index is 754. The van der Waals surface area contributed by atoms with Crippen molar-refractivity contribution in [2.75, 3.05) is 6.54 Å². The van der Waals surface area contributed by atoms with Crippen LogP contribution in [0.3, 0.4) is 0 Å². The molecule has 0 aliphatic rings. The van der Waals surface area contributed by atoms with Gasteiger partial charge in [0.1, 0.15) is 17.2 Å². The SMILES string of the molecule is C[C@@H](Cc1ccccc1)NC(=O)[C@H](CCCCNC(=O)OC(C)(C)C)NC(=O)OC(C)(C)C. The predicted octanol–water partition coefficient (Wildman–Crippen LogP) is 4.32. The van der Waals surface area contributed by atoms with E-state index in [0.717, 1.165) is 5.56 Å². The highest BCUT2D eigenvalue weighted by Crippen LogP contribution is 2.10. The lowest BCUT2D eigenvalue weighted by atomic mass is 10.1. The summed E-state index contributed by atoms with van der Waals surface area (Å²) in [5.41, 5.74) is -0.0976. The maximum absolute atomic E-state index is 12.9. The van der Waals surface area contributed by atoms with Crippen molar-refractivity contribution >= 4 is 18.1 Å². The van der Waals surface area contributed by atoms with E-state index < -0.39 is 29.4 Å². The fourth-order valence-corrected chi connectivity index (χ4v) is 3.06. The van der Waals surface area contributed by atoms with E-state index in [9.17, 15) is 14.4 Å². The number of rotatable bonds is 10. The molecule has 0 aromatic heterocycles. The summed E-state index contributed by atoms with van der Waals surface area (Å²) >= 11 is 0. The molecule has 2 atom stereocenters. The summed E-state index contributed by atoms with van der Waals surface area (Å²) in [4.78, 5) is 36.9. The van der Waals surface area contributed by atoms with Gasteiger partial charge in [-0.25, -0.2) is 9.59 Å². The Morgan fingerprint density at radius 1 is 0.848 bits per heavy atom. The number of benzene rings is 1. The Labute approximate surface area is 198 Å². The zero-order chi connectivity index (χ0) is 25.1. The van der Waals surface area contributed by atoms with E-state index in [2.05, 4.69) is 16.0 Å². The molecule has 0 heterocycles. The van der Waals surface area contributed by atoms with E-state index in [0.29, 0.717) is 32.2 Å². The molecule has 0 aliphatic carbocycles. The molecular formula is C25H41N3O5. The molecule has 33 heavy (non-hydrogen) atoms. The minimum Gasteiger partial charge on any atom is -0.444 e. The third kappa shape index (κ3) is 14.1. The lowest BCUT2D eigenvalue weighted by molar-refractivity contribution is -0.124. The first-order valence-corrected chi connectivity index (χ1v) is 11.6. The third-order valence-electron chi connectivity index (χ3n) is 4.37. The van der Waals surface area contributed by atoms with Crippen LogP contribution >= 0.6 is 0 Å². The quantitative estimate of drug-likeness (QED) is 0.448. The minimum atomic E-state index is -0.736. The zero-order valence-corrected chi connectivity index (χ0v) is 21.1. The summed E-state index contributed by atoms with van der Waals surface area (Å²) in [7, 11) is 0. The monoisotopic (exact) mass is 463 g/mol. The number of alkyl carbamates (subject to hydrolysis) is 2. The molecule has 0 aliphatic heterocycles. The first-order valence-electron chi connectivity index (χ1n) is 11.6. The maximum atomic E-state index is 12.9. The minimum absolute atomic E-state index is 0.100. The van der Waals surface area contributed by atoms with Crippen LogP contribution in [0.2, 0.25) is 0 Å². The molecule has 1 rings (SSSR count). The molecule has 0 saturated heterocycles. The third-order valence-corrected chi connectivity index (χ3v) is 4.37. The molecule has 186 valence electrons. The first-order chi connectivity index (χ1) is 15.2. The van der Waals surface area contributed by atoms with E-state index in [1.807, 2.05) is 37.3 Å². The highest BCUT2D eigenvalue weighted by Gasteiger charge is 2.25. The molecule has 0 unspecified atom stereocenters. The summed E-state index contributed by atoms with van der Waals surface area (Å²) in [6, 6.07) is 9.05. The molecule has 8 heteroatoms. The fraction of sp³-hybridized carbons (Fsp3) is 0.640. The Balaban J connectivity index is 2.59. The molecular weight excluding hydrogens is 422 g/mol. The molecule has 0 bridgehead atoms. The van der Waals surface area contributed by atoms with E-state index in [1.54, 1.807) is 41.5 Å². The van der Waals surface area contributed by atoms with Gasteiger partial charge in [0.05, 0.1) is 0 Å². The van der Waals surface area contributed by atoms with E-state index in [-0.39, 0.29) is 11.9 Å². The second-order valence-corrected chi connectivity index (χ2v) is 10.2. The van der Waals surface area contributed by atoms with Crippen LogP contribution in [-0.4, -0.2) is 47.9 Å². The van der Waals surface area contributed by atoms with Gasteiger partial charge in [0.2, 0.25) is 5.91 Å². The van der Waals surface area contributed by atoms with Crippen molar-refractivity contribution in [1.82, 2.24) is 16.0 Å². The number of ether oxygens (including phenoxy) is 2. The van der Waals surface area contributed by atoms with Crippen LogP contribution in [0.1, 0.15) is 73.3 Å². The van der Waals surface area contributed by atoms with Crippen molar-refractivity contribution in [2.24, 2.45) is 0 Å². The second-order valence-electron chi connectivity index (χ2n) is 10.2. The normalized spacial score (nSPS) is 13.4. The lowest BCUT2D eigenvalue weighted by Crippen LogP contribution is -2.50. The number of carbonyl (C=O) groups is 3. The first kappa shape index (κ1) is 28.3. The molecule has 3 amide bonds. The van der Waals surface area contributed by atoms with Gasteiger partial charge in [-0.3, -0.25) is 4.79 Å². The molecule has 0 fully saturated rings. The molecule has 8 nitrogen and oxygen atoms in total. The van der Waals surface area contributed by atoms with Gasteiger partial charge >= 0.3 is 12.2 Å². The summed E-state index contributed by atoms with van der Waals surface area (Å²) in [6.07, 6.45) is 1.25. The van der Waals surface area contributed by atoms with Crippen molar-refractivity contribution in [3.05, 3.63) is 35.9 Å². The van der Waals surface area contributed by atoms with E-state index in [4.69, 9.17) is 9.47 Å². The van der Waals surface area contributed by atoms with Crippen molar-refractivity contribution in [3.8, 4) is 0 Å². The van der Waals surface area contributed by atoms with Crippen LogP contribution < -0.4 is 16.0 Å². The van der Waals surface area contributed by atoms with Gasteiger partial charge in [0, 0.05) is 12.6 Å². The van der Waals surface area contributed by atoms with E-state index in [1.165, 1.54) is 0 Å². The number of hydrogen-bond acceptors (Lipinski definition) is 5. The predicted molar refractivity (Wildman–Crippen MR) is 129 cm³/mol. The Hall–Kier alpha value is -2.77. The molecule has 1 aromatic carbocycles. The topological polar surface area (TPSA) is 106 Å². The van der Waals surface area contributed by atoms with Crippen LogP contribution in [0.5, 0.6) is 0 Å². The second kappa shape index (κ2) is 13.1.